The third-order valence-electron chi connectivity index (χ3n) is 4.48. The summed E-state index contributed by atoms with van der Waals surface area (Å²) in [5, 5.41) is 5.44. The number of hydrogen-bond donors (Lipinski definition) is 2. The Labute approximate surface area is 149 Å². The van der Waals surface area contributed by atoms with Crippen LogP contribution in [0.3, 0.4) is 0 Å². The van der Waals surface area contributed by atoms with Gasteiger partial charge >= 0.3 is 6.03 Å². The average molecular weight is 345 g/mol. The topological polar surface area (TPSA) is 78.5 Å². The Hall–Kier alpha value is -2.37. The van der Waals surface area contributed by atoms with Gasteiger partial charge in [0.1, 0.15) is 12.1 Å². The van der Waals surface area contributed by atoms with Gasteiger partial charge in [0.05, 0.1) is 0 Å². The Morgan fingerprint density at radius 1 is 1.12 bits per heavy atom. The highest BCUT2D eigenvalue weighted by molar-refractivity contribution is 6.09. The molecule has 6 heteroatoms. The van der Waals surface area contributed by atoms with Crippen LogP contribution in [0.1, 0.15) is 52.4 Å². The molecule has 136 valence electrons. The van der Waals surface area contributed by atoms with Crippen LogP contribution in [0, 0.1) is 0 Å². The summed E-state index contributed by atoms with van der Waals surface area (Å²) in [5.74, 6) is -0.710. The zero-order chi connectivity index (χ0) is 18.3. The second-order valence-corrected chi connectivity index (χ2v) is 6.73. The van der Waals surface area contributed by atoms with Gasteiger partial charge in [0.25, 0.3) is 5.91 Å². The normalized spacial score (nSPS) is 19.8. The van der Waals surface area contributed by atoms with Crippen molar-refractivity contribution < 1.29 is 14.4 Å². The number of amides is 4. The van der Waals surface area contributed by atoms with Crippen molar-refractivity contribution in [2.45, 2.75) is 57.9 Å². The van der Waals surface area contributed by atoms with Crippen LogP contribution in [0.25, 0.3) is 0 Å². The minimum Gasteiger partial charge on any atom is -0.325 e. The van der Waals surface area contributed by atoms with Crippen molar-refractivity contribution in [2.75, 3.05) is 11.9 Å². The van der Waals surface area contributed by atoms with E-state index in [1.807, 2.05) is 6.07 Å². The van der Waals surface area contributed by atoms with Crippen LogP contribution in [0.4, 0.5) is 10.5 Å². The first kappa shape index (κ1) is 19.0. The molecule has 1 aromatic carbocycles. The fraction of sp³-hybridized carbons (Fsp3) is 0.526. The fourth-order valence-electron chi connectivity index (χ4n) is 3.01. The predicted molar refractivity (Wildman–Crippen MR) is 97.1 cm³/mol. The van der Waals surface area contributed by atoms with Gasteiger partial charge in [-0.3, -0.25) is 14.5 Å². The summed E-state index contributed by atoms with van der Waals surface area (Å²) >= 11 is 0. The summed E-state index contributed by atoms with van der Waals surface area (Å²) in [6.45, 7) is 3.62. The molecule has 2 rings (SSSR count). The number of nitrogens with one attached hydrogen (secondary N) is 2. The van der Waals surface area contributed by atoms with Crippen molar-refractivity contribution in [1.82, 2.24) is 10.2 Å². The molecule has 1 aliphatic rings. The maximum Gasteiger partial charge on any atom is 0.325 e. The van der Waals surface area contributed by atoms with E-state index >= 15 is 0 Å². The monoisotopic (exact) mass is 345 g/mol. The number of anilines is 1. The van der Waals surface area contributed by atoms with Crippen molar-refractivity contribution in [3.63, 3.8) is 0 Å². The summed E-state index contributed by atoms with van der Waals surface area (Å²) in [6.07, 6.45) is 6.00. The molecule has 0 unspecified atom stereocenters. The van der Waals surface area contributed by atoms with Crippen LogP contribution in [-0.2, 0) is 9.59 Å². The Bertz CT molecular complexity index is 618. The van der Waals surface area contributed by atoms with E-state index in [0.29, 0.717) is 12.1 Å². The minimum absolute atomic E-state index is 0.273. The van der Waals surface area contributed by atoms with Crippen LogP contribution >= 0.6 is 0 Å². The van der Waals surface area contributed by atoms with E-state index in [9.17, 15) is 14.4 Å². The van der Waals surface area contributed by atoms with E-state index in [2.05, 4.69) is 17.6 Å². The van der Waals surface area contributed by atoms with Crippen LogP contribution < -0.4 is 10.6 Å². The lowest BCUT2D eigenvalue weighted by Crippen LogP contribution is -2.44. The number of rotatable bonds is 9. The Kier molecular flexibility index (Phi) is 6.56. The van der Waals surface area contributed by atoms with Gasteiger partial charge in [-0.2, -0.15) is 0 Å². The second-order valence-electron chi connectivity index (χ2n) is 6.73. The third-order valence-corrected chi connectivity index (χ3v) is 4.48. The van der Waals surface area contributed by atoms with Crippen LogP contribution in [0.2, 0.25) is 0 Å². The molecule has 0 aliphatic carbocycles. The number of hydrogen-bond acceptors (Lipinski definition) is 3. The SMILES string of the molecule is CCCCCCC[C@]1(C)NC(=O)N(CC(=O)Nc2ccccc2)C1=O. The zero-order valence-electron chi connectivity index (χ0n) is 15.0. The Balaban J connectivity index is 1.88. The maximum absolute atomic E-state index is 12.6. The first-order valence-electron chi connectivity index (χ1n) is 8.95. The van der Waals surface area contributed by atoms with Gasteiger partial charge in [-0.1, -0.05) is 57.2 Å². The highest BCUT2D eigenvalue weighted by atomic mass is 16.2. The predicted octanol–water partition coefficient (Wildman–Crippen LogP) is 3.30. The number of unbranched alkanes of at least 4 members (excludes halogenated alkanes) is 4. The number of urea groups is 1. The molecule has 25 heavy (non-hydrogen) atoms. The molecule has 0 saturated carbocycles. The molecule has 1 fully saturated rings. The molecule has 4 amide bonds. The smallest absolute Gasteiger partial charge is 0.325 e. The van der Waals surface area contributed by atoms with Gasteiger partial charge in [-0.05, 0) is 25.5 Å². The summed E-state index contributed by atoms with van der Waals surface area (Å²) in [7, 11) is 0. The number of para-hydroxylation sites is 1. The first-order valence-corrected chi connectivity index (χ1v) is 8.95. The molecule has 0 bridgehead atoms. The van der Waals surface area contributed by atoms with Gasteiger partial charge in [0, 0.05) is 5.69 Å². The summed E-state index contributed by atoms with van der Waals surface area (Å²) < 4.78 is 0. The average Bonchev–Trinajstić information content (AvgIpc) is 2.79. The largest absolute Gasteiger partial charge is 0.325 e. The highest BCUT2D eigenvalue weighted by Crippen LogP contribution is 2.24. The van der Waals surface area contributed by atoms with Crippen LogP contribution in [0.5, 0.6) is 0 Å². The van der Waals surface area contributed by atoms with Crippen molar-refractivity contribution in [1.29, 1.82) is 0 Å². The van der Waals surface area contributed by atoms with Crippen LogP contribution in [-0.4, -0.2) is 34.8 Å². The number of benzene rings is 1. The molecule has 1 atom stereocenters. The van der Waals surface area contributed by atoms with Gasteiger partial charge in [0.2, 0.25) is 5.91 Å². The van der Waals surface area contributed by atoms with Gasteiger partial charge in [-0.15, -0.1) is 0 Å². The number of imide groups is 1. The number of carbonyl (C=O) groups excluding carboxylic acids is 3. The minimum atomic E-state index is -0.906. The fourth-order valence-corrected chi connectivity index (χ4v) is 3.01. The summed E-state index contributed by atoms with van der Waals surface area (Å²) in [4.78, 5) is 37.9. The molecule has 0 spiro atoms. The zero-order valence-corrected chi connectivity index (χ0v) is 15.0. The van der Waals surface area contributed by atoms with E-state index in [0.717, 1.165) is 30.6 Å². The Morgan fingerprint density at radius 2 is 1.80 bits per heavy atom. The van der Waals surface area contributed by atoms with E-state index in [4.69, 9.17) is 0 Å². The molecule has 1 saturated heterocycles. The molecule has 2 N–H and O–H groups in total. The van der Waals surface area contributed by atoms with E-state index in [1.165, 1.54) is 6.42 Å². The second kappa shape index (κ2) is 8.65. The molecular formula is C19H27N3O3. The maximum atomic E-state index is 12.6. The third kappa shape index (κ3) is 5.05. The van der Waals surface area contributed by atoms with Gasteiger partial charge in [0.15, 0.2) is 0 Å². The molecule has 0 radical (unpaired) electrons. The lowest BCUT2D eigenvalue weighted by atomic mass is 9.94. The van der Waals surface area contributed by atoms with Crippen molar-refractivity contribution >= 4 is 23.5 Å². The van der Waals surface area contributed by atoms with Gasteiger partial charge < -0.3 is 10.6 Å². The van der Waals surface area contributed by atoms with E-state index < -0.39 is 11.6 Å². The summed E-state index contributed by atoms with van der Waals surface area (Å²) in [5.41, 5.74) is -0.269. The molecule has 1 aliphatic heterocycles. The standard InChI is InChI=1S/C19H27N3O3/c1-3-4-5-6-10-13-19(2)17(24)22(18(25)21-19)14-16(23)20-15-11-8-7-9-12-15/h7-9,11-12H,3-6,10,13-14H2,1-2H3,(H,20,23)(H,21,25)/t19-/m0/s1. The van der Waals surface area contributed by atoms with Gasteiger partial charge in [-0.25, -0.2) is 4.79 Å². The lowest BCUT2D eigenvalue weighted by Gasteiger charge is -2.21. The van der Waals surface area contributed by atoms with Crippen molar-refractivity contribution in [3.05, 3.63) is 30.3 Å². The van der Waals surface area contributed by atoms with Crippen LogP contribution in [0.15, 0.2) is 30.3 Å². The molecular weight excluding hydrogens is 318 g/mol. The molecule has 1 heterocycles. The van der Waals surface area contributed by atoms with Crippen molar-refractivity contribution in [3.8, 4) is 0 Å². The summed E-state index contributed by atoms with van der Waals surface area (Å²) in [6, 6.07) is 8.47. The number of carbonyl (C=O) groups is 3. The Morgan fingerprint density at radius 3 is 2.48 bits per heavy atom. The van der Waals surface area contributed by atoms with E-state index in [1.54, 1.807) is 31.2 Å². The molecule has 0 aromatic heterocycles. The molecule has 1 aromatic rings. The molecule has 6 nitrogen and oxygen atoms in total. The highest BCUT2D eigenvalue weighted by Gasteiger charge is 2.47. The lowest BCUT2D eigenvalue weighted by molar-refractivity contribution is -0.133. The first-order chi connectivity index (χ1) is 12.0. The van der Waals surface area contributed by atoms with Crippen molar-refractivity contribution in [2.24, 2.45) is 0 Å². The van der Waals surface area contributed by atoms with E-state index in [-0.39, 0.29) is 18.4 Å². The quantitative estimate of drug-likeness (QED) is 0.532. The number of nitrogens with zero attached hydrogens (tertiary/aromatic N) is 1.